The van der Waals surface area contributed by atoms with Crippen molar-refractivity contribution in [1.29, 1.82) is 0 Å². The second-order valence-corrected chi connectivity index (χ2v) is 31.5. The Hall–Kier alpha value is -8.29. The number of aliphatic hydroxyl groups is 8. The van der Waals surface area contributed by atoms with E-state index >= 15 is 0 Å². The predicted octanol–water partition coefficient (Wildman–Crippen LogP) is 19.3. The van der Waals surface area contributed by atoms with Gasteiger partial charge >= 0.3 is 0 Å². The molecule has 644 valence electrons. The molecule has 0 bridgehead atoms. The maximum atomic E-state index is 9.76. The molecule has 8 N–H and O–H groups in total. The van der Waals surface area contributed by atoms with E-state index in [0.29, 0.717) is 42.4 Å². The van der Waals surface area contributed by atoms with Crippen LogP contribution in [0.25, 0.3) is 133 Å². The first kappa shape index (κ1) is 102. The molecule has 0 saturated heterocycles. The monoisotopic (exact) mass is 2360 g/mol. The molecule has 0 fully saturated rings. The van der Waals surface area contributed by atoms with Crippen LogP contribution in [0.15, 0.2) is 218 Å². The second-order valence-electron chi connectivity index (χ2n) is 30.6. The Labute approximate surface area is 759 Å². The van der Waals surface area contributed by atoms with E-state index < -0.39 is 12.2 Å². The Morgan fingerprint density at radius 3 is 0.958 bits per heavy atom. The van der Waals surface area contributed by atoms with Crippen molar-refractivity contribution in [2.24, 2.45) is 10.8 Å². The number of methoxy groups -OCH3 is 1. The number of aromatic nitrogens is 8. The van der Waals surface area contributed by atoms with Gasteiger partial charge in [0.2, 0.25) is 0 Å². The molecule has 8 atom stereocenters. The molecular weight excluding hydrogens is 2250 g/mol. The number of ether oxygens (including phenoxy) is 1. The third-order valence-corrected chi connectivity index (χ3v) is 18.8. The van der Waals surface area contributed by atoms with Crippen LogP contribution < -0.4 is 4.74 Å². The summed E-state index contributed by atoms with van der Waals surface area (Å²) in [5.41, 5.74) is 18.2. The molecule has 0 aliphatic carbocycles. The summed E-state index contributed by atoms with van der Waals surface area (Å²) >= 11 is 1.69. The zero-order chi connectivity index (χ0) is 84.0. The maximum Gasteiger partial charge on any atom is 0.138 e. The summed E-state index contributed by atoms with van der Waals surface area (Å²) in [6.45, 7) is 25.9. The number of rotatable bonds is 14. The minimum atomic E-state index is -0.443. The summed E-state index contributed by atoms with van der Waals surface area (Å²) in [6.07, 6.45) is 7.07. The Morgan fingerprint density at radius 2 is 0.692 bits per heavy atom. The molecule has 16 aromatic rings. The number of aryl methyl sites for hydroxylation is 2. The standard InChI is InChI=1S/C18H13N2O.C17H11N2O2.C17H11N2OS.C16H9N2O.C11H24O2.3C5H12O2.4Ir/c1-11-7-12(2)9-13(8-11)16-18-17(20-10-19-16)14-5-3-4-6-15(14)21-18;1-20-12-8-6-11(7-9-12)15-17-16(19-10-18-15)13-4-2-3-5-14(13)21-17;1-21-12-8-6-11(7-9-12)15-17-16(19-10-18-15)13-4-2-3-5-14(13)20-17;1-2-6-11(7-3-1)14-16-15(18-10-17-14)12-8-4-5-9-13(12)19-16;1-10(2,3)8(12)7-9(13)11(4,5)6;3*1-4(6)3-5(2)7;;;;/h3-8,10H,1-2H3;2*2-6,8-10H,1H3;1-6,8-10H;8-9,12-13H,7H2,1-6H3;3*4-7H,3H2,1-2H3;;;;/q4*-1;;;;;;;;. The van der Waals surface area contributed by atoms with Gasteiger partial charge in [0.05, 0.1) is 55.9 Å². The molecule has 16 rings (SSSR count). The number of aliphatic hydroxyl groups excluding tert-OH is 8. The van der Waals surface area contributed by atoms with E-state index in [0.717, 1.165) is 128 Å². The zero-order valence-corrected chi connectivity index (χ0v) is 80.3. The van der Waals surface area contributed by atoms with E-state index in [9.17, 15) is 10.2 Å². The first-order chi connectivity index (χ1) is 55.3. The van der Waals surface area contributed by atoms with Gasteiger partial charge in [-0.15, -0.1) is 130 Å². The SMILES string of the molecule is CC(C)(C)C(O)CC(O)C(C)(C)C.CC(O)CC(C)O.CC(O)CC(C)O.CC(O)CC(C)O.COc1c[c-]c(-c2ncnc3c2oc2ccccc23)cc1.CSc1c[c-]c(-c2ncnc3c2oc2ccccc23)cc1.Cc1[c-]c(-c2ncnc3c2oc2ccccc23)cc(C)c1.[Ir].[Ir].[Ir].[Ir].[c-]1ccccc1-c1ncnc2c1oc1ccccc12. The molecule has 8 unspecified atom stereocenters. The van der Waals surface area contributed by atoms with E-state index in [-0.39, 0.29) is 128 Å². The molecule has 8 heterocycles. The Bertz CT molecular complexity index is 5510. The van der Waals surface area contributed by atoms with E-state index in [4.69, 9.17) is 53.0 Å². The molecule has 8 aromatic heterocycles. The fraction of sp³-hybridized carbons (Fsp3) is 0.319. The largest absolute Gasteiger partial charge is 0.540 e. The van der Waals surface area contributed by atoms with Gasteiger partial charge in [0.15, 0.2) is 0 Å². The molecular formula is C94H104Ir4N8O13S-4. The van der Waals surface area contributed by atoms with Crippen LogP contribution in [-0.4, -0.2) is 143 Å². The van der Waals surface area contributed by atoms with Gasteiger partial charge in [0, 0.05) is 137 Å². The van der Waals surface area contributed by atoms with Crippen molar-refractivity contribution in [3.8, 4) is 50.8 Å². The third-order valence-electron chi connectivity index (χ3n) is 18.0. The third kappa shape index (κ3) is 28.9. The van der Waals surface area contributed by atoms with Gasteiger partial charge in [-0.25, -0.2) is 19.9 Å². The first-order valence-electron chi connectivity index (χ1n) is 38.4. The smallest absolute Gasteiger partial charge is 0.138 e. The van der Waals surface area contributed by atoms with Gasteiger partial charge in [-0.05, 0) is 126 Å². The van der Waals surface area contributed by atoms with E-state index in [2.05, 4.69) is 89.3 Å². The molecule has 0 saturated carbocycles. The number of benzene rings is 8. The minimum absolute atomic E-state index is 0. The number of hydrogen-bond donors (Lipinski definition) is 8. The molecule has 0 aliphatic rings. The van der Waals surface area contributed by atoms with Gasteiger partial charge in [0.1, 0.15) is 92.0 Å². The molecule has 0 spiro atoms. The van der Waals surface area contributed by atoms with Crippen LogP contribution in [-0.2, 0) is 80.4 Å². The fourth-order valence-corrected chi connectivity index (χ4v) is 12.6. The number of thioether (sulfide) groups is 1. The van der Waals surface area contributed by atoms with E-state index in [1.54, 1.807) is 91.8 Å². The van der Waals surface area contributed by atoms with Crippen LogP contribution in [0.4, 0.5) is 0 Å². The zero-order valence-electron chi connectivity index (χ0n) is 69.9. The number of para-hydroxylation sites is 4. The Kier molecular flexibility index (Phi) is 41.4. The van der Waals surface area contributed by atoms with Crippen LogP contribution in [0.1, 0.15) is 120 Å². The van der Waals surface area contributed by atoms with Crippen LogP contribution in [0.3, 0.4) is 0 Å². The van der Waals surface area contributed by atoms with E-state index in [1.165, 1.54) is 10.5 Å². The summed E-state index contributed by atoms with van der Waals surface area (Å²) in [4.78, 5) is 36.1. The topological polar surface area (TPSA) is 327 Å². The van der Waals surface area contributed by atoms with E-state index in [1.807, 2.05) is 200 Å². The molecule has 21 nitrogen and oxygen atoms in total. The summed E-state index contributed by atoms with van der Waals surface area (Å²) < 4.78 is 28.9. The van der Waals surface area contributed by atoms with Gasteiger partial charge in [-0.3, -0.25) is 19.9 Å². The number of furan rings is 4. The number of fused-ring (bicyclic) bond motifs is 12. The molecule has 0 amide bonds. The Balaban J connectivity index is 0.000000251. The Morgan fingerprint density at radius 1 is 0.375 bits per heavy atom. The molecule has 8 aromatic carbocycles. The average molecular weight is 2350 g/mol. The van der Waals surface area contributed by atoms with Crippen molar-refractivity contribution in [2.75, 3.05) is 13.4 Å². The van der Waals surface area contributed by atoms with Crippen molar-refractivity contribution in [3.05, 3.63) is 231 Å². The fourth-order valence-electron chi connectivity index (χ4n) is 12.2. The normalized spacial score (nSPS) is 13.0. The van der Waals surface area contributed by atoms with Gasteiger partial charge < -0.3 is 63.3 Å². The molecule has 4 radical (unpaired) electrons. The van der Waals surface area contributed by atoms with Crippen LogP contribution in [0.2, 0.25) is 0 Å². The molecule has 26 heteroatoms. The van der Waals surface area contributed by atoms with Gasteiger partial charge in [0.25, 0.3) is 0 Å². The molecule has 120 heavy (non-hydrogen) atoms. The van der Waals surface area contributed by atoms with Crippen molar-refractivity contribution in [3.63, 3.8) is 0 Å². The van der Waals surface area contributed by atoms with Crippen molar-refractivity contribution >= 4 is 100 Å². The quantitative estimate of drug-likeness (QED) is 0.0370. The van der Waals surface area contributed by atoms with Crippen molar-refractivity contribution in [2.45, 2.75) is 176 Å². The van der Waals surface area contributed by atoms with Gasteiger partial charge in [-0.1, -0.05) is 109 Å². The first-order valence-corrected chi connectivity index (χ1v) is 39.6. The minimum Gasteiger partial charge on any atom is -0.540 e. The van der Waals surface area contributed by atoms with Crippen LogP contribution >= 0.6 is 11.8 Å². The number of hydrogen-bond acceptors (Lipinski definition) is 22. The summed E-state index contributed by atoms with van der Waals surface area (Å²) in [5.74, 6) is 0.758. The predicted molar refractivity (Wildman–Crippen MR) is 462 cm³/mol. The second kappa shape index (κ2) is 48.5. The van der Waals surface area contributed by atoms with Crippen molar-refractivity contribution in [1.82, 2.24) is 39.9 Å². The average Bonchev–Trinajstić information content (AvgIpc) is 1.64. The van der Waals surface area contributed by atoms with Crippen LogP contribution in [0, 0.1) is 48.9 Å². The summed E-state index contributed by atoms with van der Waals surface area (Å²) in [6, 6.07) is 68.0. The maximum absolute atomic E-state index is 9.76. The van der Waals surface area contributed by atoms with Gasteiger partial charge in [-0.2, -0.15) is 11.8 Å². The van der Waals surface area contributed by atoms with Crippen LogP contribution in [0.5, 0.6) is 5.75 Å². The number of nitrogens with zero attached hydrogens (tertiary/aromatic N) is 8. The van der Waals surface area contributed by atoms with Crippen molar-refractivity contribution < 1.29 is 144 Å². The summed E-state index contributed by atoms with van der Waals surface area (Å²) in [5, 5.41) is 74.9. The molecule has 0 aliphatic heterocycles. The summed E-state index contributed by atoms with van der Waals surface area (Å²) in [7, 11) is 1.63.